The Labute approximate surface area is 158 Å². The third-order valence-corrected chi connectivity index (χ3v) is 4.06. The molecule has 0 amide bonds. The van der Waals surface area contributed by atoms with Crippen molar-refractivity contribution in [2.75, 3.05) is 40.5 Å². The molecule has 1 aromatic carbocycles. The molecule has 0 bridgehead atoms. The van der Waals surface area contributed by atoms with Gasteiger partial charge in [-0.2, -0.15) is 0 Å². The zero-order valence-electron chi connectivity index (χ0n) is 15.3. The molecular weight excluding hydrogens is 354 g/mol. The number of aromatic nitrogens is 1. The summed E-state index contributed by atoms with van der Waals surface area (Å²) in [4.78, 5) is 2.13. The van der Waals surface area contributed by atoms with Gasteiger partial charge in [-0.05, 0) is 31.3 Å². The lowest BCUT2D eigenvalue weighted by atomic mass is 10.1. The lowest BCUT2D eigenvalue weighted by Crippen LogP contribution is -2.32. The van der Waals surface area contributed by atoms with Gasteiger partial charge >= 0.3 is 0 Å². The van der Waals surface area contributed by atoms with Crippen molar-refractivity contribution >= 4 is 33.9 Å². The summed E-state index contributed by atoms with van der Waals surface area (Å²) >= 11 is 4.75. The zero-order chi connectivity index (χ0) is 19.1. The number of ether oxygens (including phenoxy) is 2. The molecule has 8 nitrogen and oxygen atoms in total. The number of nitrogens with zero attached hydrogens (tertiary/aromatic N) is 4. The number of azo groups is 1. The van der Waals surface area contributed by atoms with Crippen LogP contribution in [-0.2, 0) is 16.1 Å². The van der Waals surface area contributed by atoms with Crippen molar-refractivity contribution in [2.24, 2.45) is 16.0 Å². The van der Waals surface area contributed by atoms with Crippen LogP contribution in [0.4, 0.5) is 5.69 Å². The Balaban J connectivity index is 2.44. The van der Waals surface area contributed by atoms with Crippen LogP contribution in [0.3, 0.4) is 0 Å². The molecule has 1 heterocycles. The maximum absolute atomic E-state index is 10.8. The van der Waals surface area contributed by atoms with E-state index in [9.17, 15) is 5.11 Å². The molecule has 0 spiro atoms. The molecule has 0 aliphatic heterocycles. The smallest absolute Gasteiger partial charge is 0.221 e. The normalized spacial score (nSPS) is 11.8. The minimum absolute atomic E-state index is 0.0189. The average molecular weight is 379 g/mol. The first kappa shape index (κ1) is 20.2. The van der Waals surface area contributed by atoms with Gasteiger partial charge in [0.1, 0.15) is 0 Å². The molecule has 9 heteroatoms. The Bertz CT molecular complexity index is 782. The second-order valence-electron chi connectivity index (χ2n) is 5.90. The van der Waals surface area contributed by atoms with E-state index in [0.29, 0.717) is 38.7 Å². The summed E-state index contributed by atoms with van der Waals surface area (Å²) in [7, 11) is 3.32. The number of methoxy groups -OCH3 is 2. The molecule has 3 N–H and O–H groups in total. The lowest BCUT2D eigenvalue weighted by Gasteiger charge is -2.23. The Kier molecular flexibility index (Phi) is 7.46. The van der Waals surface area contributed by atoms with Gasteiger partial charge in [0.15, 0.2) is 5.69 Å². The van der Waals surface area contributed by atoms with Crippen molar-refractivity contribution in [1.29, 1.82) is 0 Å². The van der Waals surface area contributed by atoms with E-state index in [1.165, 1.54) is 0 Å². The third kappa shape index (κ3) is 4.98. The van der Waals surface area contributed by atoms with Gasteiger partial charge in [0, 0.05) is 32.7 Å². The Morgan fingerprint density at radius 2 is 1.92 bits per heavy atom. The van der Waals surface area contributed by atoms with Crippen LogP contribution in [0.1, 0.15) is 5.56 Å². The minimum Gasteiger partial charge on any atom is -0.493 e. The van der Waals surface area contributed by atoms with Gasteiger partial charge < -0.3 is 20.3 Å². The summed E-state index contributed by atoms with van der Waals surface area (Å²) in [6.45, 7) is 5.00. The topological polar surface area (TPSA) is 97.6 Å². The summed E-state index contributed by atoms with van der Waals surface area (Å²) in [5.74, 6) is 0.0189. The molecule has 0 saturated carbocycles. The van der Waals surface area contributed by atoms with Crippen LogP contribution in [0.5, 0.6) is 5.88 Å². The number of hydrogen-bond donors (Lipinski definition) is 2. The maximum atomic E-state index is 10.8. The number of aromatic hydroxyl groups is 1. The number of aryl methyl sites for hydroxylation is 1. The number of nitrogens with two attached hydrogens (primary N) is 1. The third-order valence-electron chi connectivity index (χ3n) is 3.98. The van der Waals surface area contributed by atoms with E-state index in [-0.39, 0.29) is 11.0 Å². The predicted octanol–water partition coefficient (Wildman–Crippen LogP) is 2.53. The van der Waals surface area contributed by atoms with Gasteiger partial charge in [-0.3, -0.25) is 9.47 Å². The summed E-state index contributed by atoms with van der Waals surface area (Å²) < 4.78 is 12.1. The van der Waals surface area contributed by atoms with Crippen molar-refractivity contribution in [3.63, 3.8) is 0 Å². The Morgan fingerprint density at radius 1 is 1.27 bits per heavy atom. The van der Waals surface area contributed by atoms with Crippen molar-refractivity contribution in [2.45, 2.75) is 13.6 Å². The van der Waals surface area contributed by atoms with E-state index in [2.05, 4.69) is 15.1 Å². The van der Waals surface area contributed by atoms with Gasteiger partial charge in [-0.1, -0.05) is 11.6 Å². The fourth-order valence-electron chi connectivity index (χ4n) is 2.67. The van der Waals surface area contributed by atoms with Crippen LogP contribution in [0.2, 0.25) is 0 Å². The highest BCUT2D eigenvalue weighted by Crippen LogP contribution is 2.39. The molecule has 0 fully saturated rings. The van der Waals surface area contributed by atoms with Gasteiger partial charge in [-0.15, -0.1) is 10.2 Å². The van der Waals surface area contributed by atoms with Crippen LogP contribution in [0.25, 0.3) is 10.9 Å². The van der Waals surface area contributed by atoms with Gasteiger partial charge in [-0.25, -0.2) is 0 Å². The van der Waals surface area contributed by atoms with E-state index in [4.69, 9.17) is 27.4 Å². The summed E-state index contributed by atoms with van der Waals surface area (Å²) in [6, 6.07) is 5.89. The number of hydrogen-bond acceptors (Lipinski definition) is 6. The molecule has 2 rings (SSSR count). The van der Waals surface area contributed by atoms with E-state index in [1.807, 2.05) is 25.1 Å². The molecule has 0 saturated heterocycles. The molecule has 0 atom stereocenters. The van der Waals surface area contributed by atoms with Crippen molar-refractivity contribution in [3.05, 3.63) is 23.8 Å². The number of benzene rings is 1. The lowest BCUT2D eigenvalue weighted by molar-refractivity contribution is 0.0951. The molecule has 0 aliphatic rings. The molecule has 0 unspecified atom stereocenters. The first-order valence-electron chi connectivity index (χ1n) is 8.21. The highest BCUT2D eigenvalue weighted by molar-refractivity contribution is 7.80. The monoisotopic (exact) mass is 379 g/mol. The average Bonchev–Trinajstić information content (AvgIpc) is 2.86. The van der Waals surface area contributed by atoms with Crippen LogP contribution >= 0.6 is 12.2 Å². The van der Waals surface area contributed by atoms with Gasteiger partial charge in [0.05, 0.1) is 25.4 Å². The molecule has 0 radical (unpaired) electrons. The van der Waals surface area contributed by atoms with E-state index in [0.717, 1.165) is 16.5 Å². The van der Waals surface area contributed by atoms with Crippen LogP contribution in [-0.4, -0.2) is 60.2 Å². The highest BCUT2D eigenvalue weighted by atomic mass is 32.1. The molecule has 142 valence electrons. The first-order chi connectivity index (χ1) is 12.5. The Morgan fingerprint density at radius 3 is 2.50 bits per heavy atom. The fourth-order valence-corrected chi connectivity index (χ4v) is 2.71. The molecule has 26 heavy (non-hydrogen) atoms. The Hall–Kier alpha value is -2.07. The number of rotatable bonds is 9. The SMILES string of the molecule is COCCN(CCOC)Cn1c(O)c(N=NC(N)=S)c2cc(C)ccc21. The van der Waals surface area contributed by atoms with Crippen molar-refractivity contribution in [1.82, 2.24) is 9.47 Å². The van der Waals surface area contributed by atoms with Crippen molar-refractivity contribution < 1.29 is 14.6 Å². The zero-order valence-corrected chi connectivity index (χ0v) is 16.1. The predicted molar refractivity (Wildman–Crippen MR) is 105 cm³/mol. The maximum Gasteiger partial charge on any atom is 0.221 e. The second-order valence-corrected chi connectivity index (χ2v) is 6.32. The molecule has 1 aromatic heterocycles. The summed E-state index contributed by atoms with van der Waals surface area (Å²) in [6.07, 6.45) is 0. The standard InChI is InChI=1S/C17H25N5O3S/c1-12-4-5-14-13(10-12)15(19-20-17(18)26)16(23)22(14)11-21(6-8-24-2)7-9-25-3/h4-5,10,23H,6-9,11H2,1-3H3,(H2,18,26). The molecule has 0 aliphatic carbocycles. The van der Waals surface area contributed by atoms with E-state index < -0.39 is 0 Å². The van der Waals surface area contributed by atoms with E-state index in [1.54, 1.807) is 18.8 Å². The van der Waals surface area contributed by atoms with Gasteiger partial charge in [0.2, 0.25) is 11.0 Å². The van der Waals surface area contributed by atoms with Gasteiger partial charge in [0.25, 0.3) is 0 Å². The van der Waals surface area contributed by atoms with Crippen LogP contribution in [0.15, 0.2) is 28.4 Å². The summed E-state index contributed by atoms with van der Waals surface area (Å²) in [5.41, 5.74) is 7.67. The van der Waals surface area contributed by atoms with Crippen LogP contribution < -0.4 is 5.73 Å². The number of thiocarbonyl (C=S) groups is 1. The van der Waals surface area contributed by atoms with E-state index >= 15 is 0 Å². The molecular formula is C17H25N5O3S. The van der Waals surface area contributed by atoms with Crippen LogP contribution in [0, 0.1) is 6.92 Å². The molecule has 2 aromatic rings. The number of fused-ring (bicyclic) bond motifs is 1. The quantitative estimate of drug-likeness (QED) is 0.513. The fraction of sp³-hybridized carbons (Fsp3) is 0.471. The second kappa shape index (κ2) is 9.58. The highest BCUT2D eigenvalue weighted by Gasteiger charge is 2.19. The first-order valence-corrected chi connectivity index (χ1v) is 8.62. The van der Waals surface area contributed by atoms with Crippen molar-refractivity contribution in [3.8, 4) is 5.88 Å². The summed E-state index contributed by atoms with van der Waals surface area (Å²) in [5, 5.41) is 19.2. The largest absolute Gasteiger partial charge is 0.493 e. The minimum atomic E-state index is -0.0835.